The molecule has 1 heterocycles. The van der Waals surface area contributed by atoms with Crippen molar-refractivity contribution in [3.8, 4) is 0 Å². The Kier molecular flexibility index (Phi) is 3.60. The van der Waals surface area contributed by atoms with E-state index in [0.717, 1.165) is 5.69 Å². The third kappa shape index (κ3) is 2.40. The molecule has 1 atom stereocenters. The van der Waals surface area contributed by atoms with Crippen molar-refractivity contribution in [2.24, 2.45) is 0 Å². The van der Waals surface area contributed by atoms with Gasteiger partial charge in [-0.05, 0) is 50.1 Å². The summed E-state index contributed by atoms with van der Waals surface area (Å²) in [5, 5.41) is 5.46. The summed E-state index contributed by atoms with van der Waals surface area (Å²) in [4.78, 5) is 4.41. The zero-order valence-corrected chi connectivity index (χ0v) is 11.6. The van der Waals surface area contributed by atoms with Crippen LogP contribution in [0.1, 0.15) is 34.0 Å². The van der Waals surface area contributed by atoms with Crippen LogP contribution in [0, 0.1) is 20.8 Å². The Morgan fingerprint density at radius 1 is 1.12 bits per heavy atom. The molecule has 0 saturated carbocycles. The van der Waals surface area contributed by atoms with Crippen LogP contribution < -0.4 is 5.32 Å². The lowest BCUT2D eigenvalue weighted by molar-refractivity contribution is 0.670. The van der Waals surface area contributed by atoms with Gasteiger partial charge in [0, 0.05) is 5.38 Å². The van der Waals surface area contributed by atoms with Gasteiger partial charge in [0.05, 0.1) is 17.2 Å². The standard InChI is InChI=1S/C14H18N2S/c1-9-5-11(3)12(6-10(9)2)14(15-4)13-7-17-8-16-13/h5-8,14-15H,1-4H3. The van der Waals surface area contributed by atoms with Crippen LogP contribution in [0.25, 0.3) is 0 Å². The molecule has 17 heavy (non-hydrogen) atoms. The Morgan fingerprint density at radius 2 is 1.82 bits per heavy atom. The van der Waals surface area contributed by atoms with E-state index in [2.05, 4.69) is 48.6 Å². The van der Waals surface area contributed by atoms with Crippen molar-refractivity contribution in [2.75, 3.05) is 7.05 Å². The van der Waals surface area contributed by atoms with Crippen LogP contribution in [0.5, 0.6) is 0 Å². The minimum Gasteiger partial charge on any atom is -0.308 e. The largest absolute Gasteiger partial charge is 0.308 e. The summed E-state index contributed by atoms with van der Waals surface area (Å²) in [5.41, 5.74) is 8.31. The lowest BCUT2D eigenvalue weighted by Gasteiger charge is -2.18. The van der Waals surface area contributed by atoms with Crippen LogP contribution in [-0.4, -0.2) is 12.0 Å². The first kappa shape index (κ1) is 12.3. The highest BCUT2D eigenvalue weighted by molar-refractivity contribution is 7.07. The molecule has 0 aliphatic heterocycles. The van der Waals surface area contributed by atoms with E-state index in [9.17, 15) is 0 Å². The molecule has 0 bridgehead atoms. The first-order valence-corrected chi connectivity index (χ1v) is 6.71. The van der Waals surface area contributed by atoms with Crippen molar-refractivity contribution in [3.05, 3.63) is 51.0 Å². The molecular formula is C14H18N2S. The van der Waals surface area contributed by atoms with Crippen molar-refractivity contribution in [2.45, 2.75) is 26.8 Å². The summed E-state index contributed by atoms with van der Waals surface area (Å²) in [6.45, 7) is 6.48. The molecule has 0 aliphatic rings. The summed E-state index contributed by atoms with van der Waals surface area (Å²) in [5.74, 6) is 0. The Morgan fingerprint density at radius 3 is 2.41 bits per heavy atom. The lowest BCUT2D eigenvalue weighted by atomic mass is 9.94. The number of hydrogen-bond donors (Lipinski definition) is 1. The molecule has 90 valence electrons. The van der Waals surface area contributed by atoms with Crippen LogP contribution in [-0.2, 0) is 0 Å². The quantitative estimate of drug-likeness (QED) is 0.898. The van der Waals surface area contributed by atoms with E-state index in [1.807, 2.05) is 12.6 Å². The zero-order valence-electron chi connectivity index (χ0n) is 10.7. The van der Waals surface area contributed by atoms with Gasteiger partial charge in [-0.15, -0.1) is 11.3 Å². The Labute approximate surface area is 107 Å². The number of rotatable bonds is 3. The molecule has 0 spiro atoms. The smallest absolute Gasteiger partial charge is 0.0795 e. The third-order valence-electron chi connectivity index (χ3n) is 3.23. The molecule has 3 heteroatoms. The molecule has 2 nitrogen and oxygen atoms in total. The highest BCUT2D eigenvalue weighted by Crippen LogP contribution is 2.26. The predicted molar refractivity (Wildman–Crippen MR) is 73.7 cm³/mol. The Hall–Kier alpha value is -1.19. The molecule has 0 saturated heterocycles. The fourth-order valence-electron chi connectivity index (χ4n) is 2.12. The van der Waals surface area contributed by atoms with Gasteiger partial charge < -0.3 is 5.32 Å². The first-order valence-electron chi connectivity index (χ1n) is 5.76. The van der Waals surface area contributed by atoms with Gasteiger partial charge in [0.15, 0.2) is 0 Å². The van der Waals surface area contributed by atoms with Gasteiger partial charge >= 0.3 is 0 Å². The van der Waals surface area contributed by atoms with Crippen molar-refractivity contribution in [1.82, 2.24) is 10.3 Å². The number of thiazole rings is 1. The van der Waals surface area contributed by atoms with E-state index in [0.29, 0.717) is 0 Å². The van der Waals surface area contributed by atoms with Crippen molar-refractivity contribution in [3.63, 3.8) is 0 Å². The second kappa shape index (κ2) is 4.98. The van der Waals surface area contributed by atoms with Gasteiger partial charge in [-0.25, -0.2) is 4.98 Å². The average Bonchev–Trinajstić information content (AvgIpc) is 2.80. The van der Waals surface area contributed by atoms with Crippen LogP contribution >= 0.6 is 11.3 Å². The Bertz CT molecular complexity index is 503. The maximum atomic E-state index is 4.41. The minimum absolute atomic E-state index is 0.195. The van der Waals surface area contributed by atoms with E-state index in [1.54, 1.807) is 11.3 Å². The maximum Gasteiger partial charge on any atom is 0.0795 e. The van der Waals surface area contributed by atoms with Gasteiger partial charge in [-0.3, -0.25) is 0 Å². The number of aromatic nitrogens is 1. The second-order valence-corrected chi connectivity index (χ2v) is 5.15. The van der Waals surface area contributed by atoms with Gasteiger partial charge in [0.25, 0.3) is 0 Å². The van der Waals surface area contributed by atoms with Gasteiger partial charge in [-0.2, -0.15) is 0 Å². The molecule has 2 aromatic rings. The summed E-state index contributed by atoms with van der Waals surface area (Å²) >= 11 is 1.64. The maximum absolute atomic E-state index is 4.41. The number of hydrogen-bond acceptors (Lipinski definition) is 3. The molecule has 0 amide bonds. The molecule has 1 aromatic carbocycles. The van der Waals surface area contributed by atoms with E-state index in [-0.39, 0.29) is 6.04 Å². The number of nitrogens with zero attached hydrogens (tertiary/aromatic N) is 1. The first-order chi connectivity index (χ1) is 8.13. The normalized spacial score (nSPS) is 12.7. The van der Waals surface area contributed by atoms with Crippen molar-refractivity contribution < 1.29 is 0 Å². The van der Waals surface area contributed by atoms with E-state index in [4.69, 9.17) is 0 Å². The van der Waals surface area contributed by atoms with E-state index >= 15 is 0 Å². The molecule has 0 radical (unpaired) electrons. The molecule has 1 N–H and O–H groups in total. The van der Waals surface area contributed by atoms with Gasteiger partial charge in [-0.1, -0.05) is 12.1 Å². The minimum atomic E-state index is 0.195. The average molecular weight is 246 g/mol. The SMILES string of the molecule is CNC(c1cscn1)c1cc(C)c(C)cc1C. The van der Waals surface area contributed by atoms with Crippen LogP contribution in [0.15, 0.2) is 23.0 Å². The summed E-state index contributed by atoms with van der Waals surface area (Å²) in [7, 11) is 1.98. The Balaban J connectivity index is 2.48. The number of benzene rings is 1. The van der Waals surface area contributed by atoms with Crippen molar-refractivity contribution >= 4 is 11.3 Å². The number of nitrogens with one attached hydrogen (secondary N) is 1. The van der Waals surface area contributed by atoms with E-state index < -0.39 is 0 Å². The topological polar surface area (TPSA) is 24.9 Å². The van der Waals surface area contributed by atoms with Gasteiger partial charge in [0.1, 0.15) is 0 Å². The summed E-state index contributed by atoms with van der Waals surface area (Å²) < 4.78 is 0. The molecule has 1 unspecified atom stereocenters. The third-order valence-corrected chi connectivity index (χ3v) is 3.83. The van der Waals surface area contributed by atoms with Crippen molar-refractivity contribution in [1.29, 1.82) is 0 Å². The van der Waals surface area contributed by atoms with Crippen LogP contribution in [0.4, 0.5) is 0 Å². The predicted octanol–water partition coefficient (Wildman–Crippen LogP) is 3.38. The monoisotopic (exact) mass is 246 g/mol. The fraction of sp³-hybridized carbons (Fsp3) is 0.357. The highest BCUT2D eigenvalue weighted by Gasteiger charge is 2.16. The van der Waals surface area contributed by atoms with E-state index in [1.165, 1.54) is 22.3 Å². The molecule has 0 fully saturated rings. The molecule has 0 aliphatic carbocycles. The number of aryl methyl sites for hydroxylation is 3. The summed E-state index contributed by atoms with van der Waals surface area (Å²) in [6, 6.07) is 4.72. The molecule has 1 aromatic heterocycles. The molecular weight excluding hydrogens is 228 g/mol. The van der Waals surface area contributed by atoms with Gasteiger partial charge in [0.2, 0.25) is 0 Å². The lowest BCUT2D eigenvalue weighted by Crippen LogP contribution is -2.19. The highest BCUT2D eigenvalue weighted by atomic mass is 32.1. The zero-order chi connectivity index (χ0) is 12.4. The molecule has 2 rings (SSSR count). The fourth-order valence-corrected chi connectivity index (χ4v) is 2.70. The van der Waals surface area contributed by atoms with Crippen LogP contribution in [0.2, 0.25) is 0 Å². The van der Waals surface area contributed by atoms with Crippen LogP contribution in [0.3, 0.4) is 0 Å². The second-order valence-electron chi connectivity index (χ2n) is 4.43. The summed E-state index contributed by atoms with van der Waals surface area (Å²) in [6.07, 6.45) is 0.